The van der Waals surface area contributed by atoms with Crippen molar-refractivity contribution in [3.8, 4) is 0 Å². The molecule has 1 aromatic rings. The number of rotatable bonds is 7. The summed E-state index contributed by atoms with van der Waals surface area (Å²) in [5, 5.41) is 0. The van der Waals surface area contributed by atoms with Crippen LogP contribution in [0.3, 0.4) is 0 Å². The molecular weight excluding hydrogens is 248 g/mol. The normalized spacial score (nSPS) is 21.8. The molecule has 0 saturated carbocycles. The van der Waals surface area contributed by atoms with E-state index in [4.69, 9.17) is 10.5 Å². The van der Waals surface area contributed by atoms with Crippen molar-refractivity contribution in [1.82, 2.24) is 4.90 Å². The summed E-state index contributed by atoms with van der Waals surface area (Å²) in [6.45, 7) is 2.65. The van der Waals surface area contributed by atoms with Gasteiger partial charge in [0.25, 0.3) is 0 Å². The van der Waals surface area contributed by atoms with Crippen molar-refractivity contribution >= 4 is 0 Å². The van der Waals surface area contributed by atoms with Crippen molar-refractivity contribution in [3.63, 3.8) is 0 Å². The Balaban J connectivity index is 1.71. The maximum absolute atomic E-state index is 5.99. The van der Waals surface area contributed by atoms with Crippen LogP contribution in [0.25, 0.3) is 0 Å². The molecule has 1 aromatic carbocycles. The predicted molar refractivity (Wildman–Crippen MR) is 83.8 cm³/mol. The SMILES string of the molecule is CN1CCCCC1CCOC(CN)Cc1ccccc1. The number of benzene rings is 1. The fourth-order valence-electron chi connectivity index (χ4n) is 2.97. The summed E-state index contributed by atoms with van der Waals surface area (Å²) in [5.74, 6) is 0. The molecular formula is C17H28N2O. The third kappa shape index (κ3) is 4.89. The minimum atomic E-state index is 0.145. The molecule has 1 aliphatic heterocycles. The van der Waals surface area contributed by atoms with Gasteiger partial charge in [-0.05, 0) is 44.8 Å². The quantitative estimate of drug-likeness (QED) is 0.831. The van der Waals surface area contributed by atoms with Gasteiger partial charge in [-0.3, -0.25) is 0 Å². The number of nitrogens with two attached hydrogens (primary N) is 1. The van der Waals surface area contributed by atoms with Crippen LogP contribution in [-0.4, -0.2) is 43.8 Å². The average Bonchev–Trinajstić information content (AvgIpc) is 2.49. The van der Waals surface area contributed by atoms with Crippen LogP contribution in [-0.2, 0) is 11.2 Å². The van der Waals surface area contributed by atoms with Crippen LogP contribution in [0.2, 0.25) is 0 Å². The highest BCUT2D eigenvalue weighted by molar-refractivity contribution is 5.15. The van der Waals surface area contributed by atoms with Crippen LogP contribution >= 0.6 is 0 Å². The lowest BCUT2D eigenvalue weighted by Gasteiger charge is -2.32. The highest BCUT2D eigenvalue weighted by Crippen LogP contribution is 2.18. The molecule has 1 aliphatic rings. The molecule has 0 aliphatic carbocycles. The van der Waals surface area contributed by atoms with Crippen molar-refractivity contribution in [2.45, 2.75) is 44.2 Å². The van der Waals surface area contributed by atoms with Crippen LogP contribution < -0.4 is 5.73 Å². The van der Waals surface area contributed by atoms with Crippen molar-refractivity contribution in [2.24, 2.45) is 5.73 Å². The summed E-state index contributed by atoms with van der Waals surface area (Å²) in [4.78, 5) is 2.47. The van der Waals surface area contributed by atoms with Crippen molar-refractivity contribution in [2.75, 3.05) is 26.7 Å². The van der Waals surface area contributed by atoms with E-state index in [9.17, 15) is 0 Å². The molecule has 2 atom stereocenters. The monoisotopic (exact) mass is 276 g/mol. The highest BCUT2D eigenvalue weighted by Gasteiger charge is 2.19. The van der Waals surface area contributed by atoms with Gasteiger partial charge in [0.05, 0.1) is 6.10 Å². The van der Waals surface area contributed by atoms with E-state index in [1.165, 1.54) is 31.4 Å². The van der Waals surface area contributed by atoms with E-state index in [2.05, 4.69) is 36.2 Å². The van der Waals surface area contributed by atoms with Crippen LogP contribution in [0.1, 0.15) is 31.2 Å². The van der Waals surface area contributed by atoms with Crippen LogP contribution in [0.5, 0.6) is 0 Å². The number of nitrogens with zero attached hydrogens (tertiary/aromatic N) is 1. The Kier molecular flexibility index (Phi) is 6.51. The zero-order valence-corrected chi connectivity index (χ0v) is 12.6. The standard InChI is InChI=1S/C17H28N2O/c1-19-11-6-5-9-16(19)10-12-20-17(14-18)13-15-7-3-2-4-8-15/h2-4,7-8,16-17H,5-6,9-14,18H2,1H3. The molecule has 0 radical (unpaired) electrons. The maximum Gasteiger partial charge on any atom is 0.0737 e. The Hall–Kier alpha value is -0.900. The second kappa shape index (κ2) is 8.40. The zero-order valence-electron chi connectivity index (χ0n) is 12.6. The average molecular weight is 276 g/mol. The van der Waals surface area contributed by atoms with E-state index < -0.39 is 0 Å². The van der Waals surface area contributed by atoms with E-state index in [1.54, 1.807) is 0 Å². The predicted octanol–water partition coefficient (Wildman–Crippen LogP) is 2.45. The molecule has 2 rings (SSSR count). The van der Waals surface area contributed by atoms with Gasteiger partial charge >= 0.3 is 0 Å². The molecule has 1 heterocycles. The lowest BCUT2D eigenvalue weighted by Crippen LogP contribution is -2.37. The number of hydrogen-bond donors (Lipinski definition) is 1. The topological polar surface area (TPSA) is 38.5 Å². The first-order valence-corrected chi connectivity index (χ1v) is 7.85. The molecule has 3 nitrogen and oxygen atoms in total. The van der Waals surface area contributed by atoms with Gasteiger partial charge in [-0.2, -0.15) is 0 Å². The van der Waals surface area contributed by atoms with Crippen LogP contribution in [0.4, 0.5) is 0 Å². The molecule has 0 bridgehead atoms. The minimum Gasteiger partial charge on any atom is -0.376 e. The smallest absolute Gasteiger partial charge is 0.0737 e. The van der Waals surface area contributed by atoms with Gasteiger partial charge in [-0.25, -0.2) is 0 Å². The minimum absolute atomic E-state index is 0.145. The number of piperidine rings is 1. The van der Waals surface area contributed by atoms with Crippen LogP contribution in [0, 0.1) is 0 Å². The maximum atomic E-state index is 5.99. The molecule has 1 saturated heterocycles. The van der Waals surface area contributed by atoms with Gasteiger partial charge in [0, 0.05) is 19.2 Å². The summed E-state index contributed by atoms with van der Waals surface area (Å²) in [5.41, 5.74) is 7.14. The zero-order chi connectivity index (χ0) is 14.2. The van der Waals surface area contributed by atoms with E-state index in [-0.39, 0.29) is 6.10 Å². The number of likely N-dealkylation sites (tertiary alicyclic amines) is 1. The van der Waals surface area contributed by atoms with Crippen LogP contribution in [0.15, 0.2) is 30.3 Å². The molecule has 3 heteroatoms. The Bertz CT molecular complexity index is 369. The Morgan fingerprint density at radius 3 is 2.80 bits per heavy atom. The third-order valence-electron chi connectivity index (χ3n) is 4.30. The van der Waals surface area contributed by atoms with Gasteiger partial charge < -0.3 is 15.4 Å². The summed E-state index contributed by atoms with van der Waals surface area (Å²) in [6.07, 6.45) is 6.20. The van der Waals surface area contributed by atoms with E-state index in [0.717, 1.165) is 19.4 Å². The second-order valence-electron chi connectivity index (χ2n) is 5.84. The molecule has 0 spiro atoms. The number of hydrogen-bond acceptors (Lipinski definition) is 3. The molecule has 112 valence electrons. The van der Waals surface area contributed by atoms with Gasteiger partial charge in [-0.1, -0.05) is 36.8 Å². The van der Waals surface area contributed by atoms with E-state index in [0.29, 0.717) is 12.6 Å². The largest absolute Gasteiger partial charge is 0.376 e. The first-order chi connectivity index (χ1) is 9.79. The van der Waals surface area contributed by atoms with Gasteiger partial charge in [-0.15, -0.1) is 0 Å². The van der Waals surface area contributed by atoms with Crippen molar-refractivity contribution in [1.29, 1.82) is 0 Å². The summed E-state index contributed by atoms with van der Waals surface area (Å²) in [6, 6.07) is 11.2. The Morgan fingerprint density at radius 1 is 1.30 bits per heavy atom. The molecule has 2 unspecified atom stereocenters. The number of ether oxygens (including phenoxy) is 1. The van der Waals surface area contributed by atoms with Gasteiger partial charge in [0.2, 0.25) is 0 Å². The third-order valence-corrected chi connectivity index (χ3v) is 4.30. The second-order valence-corrected chi connectivity index (χ2v) is 5.84. The van der Waals surface area contributed by atoms with Crippen molar-refractivity contribution < 1.29 is 4.74 Å². The van der Waals surface area contributed by atoms with Crippen molar-refractivity contribution in [3.05, 3.63) is 35.9 Å². The Labute approximate surface area is 123 Å². The lowest BCUT2D eigenvalue weighted by atomic mass is 10.0. The summed E-state index contributed by atoms with van der Waals surface area (Å²) in [7, 11) is 2.23. The summed E-state index contributed by atoms with van der Waals surface area (Å²) < 4.78 is 5.99. The first-order valence-electron chi connectivity index (χ1n) is 7.85. The first kappa shape index (κ1) is 15.5. The summed E-state index contributed by atoms with van der Waals surface area (Å²) >= 11 is 0. The van der Waals surface area contributed by atoms with E-state index >= 15 is 0 Å². The fourth-order valence-corrected chi connectivity index (χ4v) is 2.97. The Morgan fingerprint density at radius 2 is 2.10 bits per heavy atom. The highest BCUT2D eigenvalue weighted by atomic mass is 16.5. The van der Waals surface area contributed by atoms with E-state index in [1.807, 2.05) is 6.07 Å². The molecule has 0 amide bonds. The fraction of sp³-hybridized carbons (Fsp3) is 0.647. The lowest BCUT2D eigenvalue weighted by molar-refractivity contribution is 0.0390. The van der Waals surface area contributed by atoms with Gasteiger partial charge in [0.1, 0.15) is 0 Å². The molecule has 2 N–H and O–H groups in total. The molecule has 1 fully saturated rings. The molecule has 20 heavy (non-hydrogen) atoms. The van der Waals surface area contributed by atoms with Gasteiger partial charge in [0.15, 0.2) is 0 Å². The molecule has 0 aromatic heterocycles.